The first-order chi connectivity index (χ1) is 20.9. The van der Waals surface area contributed by atoms with E-state index in [1.54, 1.807) is 7.11 Å². The normalized spacial score (nSPS) is 13.4. The number of primary amides is 1. The molecule has 1 saturated heterocycles. The minimum atomic E-state index is -0.563. The highest BCUT2D eigenvalue weighted by atomic mass is 35.5. The number of hydrogen-bond donors (Lipinski definition) is 3. The third-order valence-corrected chi connectivity index (χ3v) is 7.81. The summed E-state index contributed by atoms with van der Waals surface area (Å²) < 4.78 is 11.9. The number of ether oxygens (including phenoxy) is 2. The first kappa shape index (κ1) is 31.6. The zero-order chi connectivity index (χ0) is 30.6. The van der Waals surface area contributed by atoms with Gasteiger partial charge in [0, 0.05) is 23.9 Å². The highest BCUT2D eigenvalue weighted by molar-refractivity contribution is 6.32. The summed E-state index contributed by atoms with van der Waals surface area (Å²) in [6, 6.07) is 28.9. The Balaban J connectivity index is 0.000000324. The van der Waals surface area contributed by atoms with Crippen molar-refractivity contribution in [2.45, 2.75) is 19.3 Å². The van der Waals surface area contributed by atoms with Crippen LogP contribution in [0.3, 0.4) is 0 Å². The van der Waals surface area contributed by atoms with E-state index >= 15 is 0 Å². The van der Waals surface area contributed by atoms with Gasteiger partial charge in [0.2, 0.25) is 5.91 Å². The number of phenols is 1. The number of methoxy groups -OCH3 is 1. The molecule has 8 heteroatoms. The Hall–Kier alpha value is -4.33. The molecule has 4 aromatic rings. The molecule has 7 nitrogen and oxygen atoms in total. The molecule has 0 saturated carbocycles. The van der Waals surface area contributed by atoms with Gasteiger partial charge < -0.3 is 25.7 Å². The van der Waals surface area contributed by atoms with E-state index < -0.39 is 5.91 Å². The van der Waals surface area contributed by atoms with Crippen LogP contribution in [0.15, 0.2) is 91.0 Å². The van der Waals surface area contributed by atoms with E-state index in [2.05, 4.69) is 47.4 Å². The zero-order valence-electron chi connectivity index (χ0n) is 24.3. The topological polar surface area (TPSA) is 109 Å². The lowest BCUT2D eigenvalue weighted by Crippen LogP contribution is -2.37. The van der Waals surface area contributed by atoms with Crippen LogP contribution in [0.4, 0.5) is 0 Å². The number of nitrogens with zero attached hydrogens (tertiary/aromatic N) is 1. The van der Waals surface area contributed by atoms with Crippen molar-refractivity contribution < 1.29 is 19.4 Å². The molecular formula is C35H38ClN3O4. The van der Waals surface area contributed by atoms with Gasteiger partial charge in [-0.25, -0.2) is 0 Å². The van der Waals surface area contributed by atoms with Crippen molar-refractivity contribution in [2.24, 2.45) is 11.7 Å². The second kappa shape index (κ2) is 15.8. The van der Waals surface area contributed by atoms with Crippen LogP contribution in [0.5, 0.6) is 17.2 Å². The van der Waals surface area contributed by atoms with Crippen LogP contribution >= 0.6 is 11.6 Å². The number of phenolic OH excluding ortho intramolecular Hbond substituents is 1. The lowest BCUT2D eigenvalue weighted by molar-refractivity contribution is 0.1000. The number of likely N-dealkylation sites (tertiary alicyclic amines) is 1. The molecule has 1 amide bonds. The molecule has 224 valence electrons. The second-order valence-corrected chi connectivity index (χ2v) is 10.9. The highest BCUT2D eigenvalue weighted by Crippen LogP contribution is 2.39. The van der Waals surface area contributed by atoms with Crippen LogP contribution in [-0.4, -0.2) is 55.5 Å². The van der Waals surface area contributed by atoms with Crippen molar-refractivity contribution in [3.63, 3.8) is 0 Å². The maximum absolute atomic E-state index is 10.5. The molecule has 0 bridgehead atoms. The van der Waals surface area contributed by atoms with Crippen LogP contribution in [0, 0.1) is 11.3 Å². The molecule has 1 fully saturated rings. The average Bonchev–Trinajstić information content (AvgIpc) is 3.04. The molecule has 0 aromatic heterocycles. The number of rotatable bonds is 10. The van der Waals surface area contributed by atoms with Gasteiger partial charge in [0.05, 0.1) is 12.1 Å². The summed E-state index contributed by atoms with van der Waals surface area (Å²) in [6.45, 7) is 3.76. The fourth-order valence-corrected chi connectivity index (χ4v) is 5.32. The lowest BCUT2D eigenvalue weighted by atomic mass is 9.90. The average molecular weight is 600 g/mol. The molecule has 0 spiro atoms. The molecule has 0 aliphatic carbocycles. The Morgan fingerprint density at radius 3 is 2.30 bits per heavy atom. The number of nitrogens with one attached hydrogen (secondary N) is 1. The monoisotopic (exact) mass is 599 g/mol. The number of amides is 1. The quantitative estimate of drug-likeness (QED) is 0.173. The van der Waals surface area contributed by atoms with Gasteiger partial charge in [-0.05, 0) is 85.3 Å². The van der Waals surface area contributed by atoms with Gasteiger partial charge in [-0.2, -0.15) is 0 Å². The Bertz CT molecular complexity index is 1490. The summed E-state index contributed by atoms with van der Waals surface area (Å²) >= 11 is 5.50. The minimum Gasteiger partial charge on any atom is -0.506 e. The first-order valence-electron chi connectivity index (χ1n) is 14.3. The molecule has 0 radical (unpaired) electrons. The van der Waals surface area contributed by atoms with Crippen molar-refractivity contribution in [1.82, 2.24) is 4.90 Å². The van der Waals surface area contributed by atoms with Gasteiger partial charge >= 0.3 is 0 Å². The van der Waals surface area contributed by atoms with Crippen molar-refractivity contribution in [2.75, 3.05) is 33.4 Å². The smallest absolute Gasteiger partial charge is 0.248 e. The second-order valence-electron chi connectivity index (χ2n) is 10.5. The molecular weight excluding hydrogens is 562 g/mol. The molecule has 1 heterocycles. The predicted molar refractivity (Wildman–Crippen MR) is 173 cm³/mol. The van der Waals surface area contributed by atoms with Crippen LogP contribution in [-0.2, 0) is 6.42 Å². The number of nitrogens with two attached hydrogens (primary N) is 1. The Kier molecular flexibility index (Phi) is 11.6. The van der Waals surface area contributed by atoms with Crippen LogP contribution in [0.1, 0.15) is 34.3 Å². The van der Waals surface area contributed by atoms with Crippen molar-refractivity contribution in [3.05, 3.63) is 113 Å². The summed E-state index contributed by atoms with van der Waals surface area (Å²) in [5.41, 5.74) is 9.51. The third kappa shape index (κ3) is 9.08. The first-order valence-corrected chi connectivity index (χ1v) is 14.7. The van der Waals surface area contributed by atoms with E-state index in [4.69, 9.17) is 37.3 Å². The van der Waals surface area contributed by atoms with Gasteiger partial charge in [-0.15, -0.1) is 0 Å². The van der Waals surface area contributed by atoms with Crippen LogP contribution in [0.25, 0.3) is 11.1 Å². The number of piperidine rings is 1. The third-order valence-electron chi connectivity index (χ3n) is 7.51. The van der Waals surface area contributed by atoms with Crippen LogP contribution < -0.4 is 15.2 Å². The molecule has 4 aromatic carbocycles. The predicted octanol–water partition coefficient (Wildman–Crippen LogP) is 6.84. The Labute approximate surface area is 258 Å². The summed E-state index contributed by atoms with van der Waals surface area (Å²) in [7, 11) is 1.65. The minimum absolute atomic E-state index is 0.0586. The number of aromatic hydroxyl groups is 1. The van der Waals surface area contributed by atoms with Gasteiger partial charge in [0.15, 0.2) is 11.5 Å². The molecule has 1 aliphatic rings. The van der Waals surface area contributed by atoms with Crippen molar-refractivity contribution in [3.8, 4) is 28.4 Å². The molecule has 4 N–H and O–H groups in total. The summed E-state index contributed by atoms with van der Waals surface area (Å²) in [5, 5.41) is 16.7. The van der Waals surface area contributed by atoms with Crippen molar-refractivity contribution in [1.29, 1.82) is 5.41 Å². The molecule has 0 unspecified atom stereocenters. The standard InChI is InChI=1S/C28H32N2O2.C7H6ClNO2/c1-31-27-20-24(21-29)19-26(25-10-6-3-7-11-25)28(27)32-17-16-30-14-12-23(13-15-30)18-22-8-4-2-5-9-22;8-5-3-4(7(9)11)1-2-6(5)10/h2-11,19-21,23,29H,12-18H2,1H3;1-3,10H,(H2,9,11). The number of benzene rings is 4. The van der Waals surface area contributed by atoms with E-state index in [0.717, 1.165) is 48.0 Å². The van der Waals surface area contributed by atoms with E-state index in [1.807, 2.05) is 30.3 Å². The maximum atomic E-state index is 10.5. The number of carbonyl (C=O) groups excluding carboxylic acids is 1. The summed E-state index contributed by atoms with van der Waals surface area (Å²) in [5.74, 6) is 1.58. The van der Waals surface area contributed by atoms with Gasteiger partial charge in [0.25, 0.3) is 0 Å². The number of halogens is 1. The lowest BCUT2D eigenvalue weighted by Gasteiger charge is -2.32. The maximum Gasteiger partial charge on any atom is 0.248 e. The Morgan fingerprint density at radius 2 is 1.70 bits per heavy atom. The van der Waals surface area contributed by atoms with Crippen molar-refractivity contribution >= 4 is 23.7 Å². The van der Waals surface area contributed by atoms with Crippen LogP contribution in [0.2, 0.25) is 5.02 Å². The number of carbonyl (C=O) groups is 1. The van der Waals surface area contributed by atoms with E-state index in [9.17, 15) is 4.79 Å². The summed E-state index contributed by atoms with van der Waals surface area (Å²) in [4.78, 5) is 13.0. The SMILES string of the molecule is COc1cc(C=N)cc(-c2ccccc2)c1OCCN1CCC(Cc2ccccc2)CC1.NC(=O)c1ccc(O)c(Cl)c1. The fourth-order valence-electron chi connectivity index (χ4n) is 5.14. The fraction of sp³-hybridized carbons (Fsp3) is 0.257. The van der Waals surface area contributed by atoms with Gasteiger partial charge in [-0.3, -0.25) is 9.69 Å². The Morgan fingerprint density at radius 1 is 1.02 bits per heavy atom. The largest absolute Gasteiger partial charge is 0.506 e. The zero-order valence-corrected chi connectivity index (χ0v) is 25.1. The molecule has 5 rings (SSSR count). The van der Waals surface area contributed by atoms with Gasteiger partial charge in [-0.1, -0.05) is 72.3 Å². The van der Waals surface area contributed by atoms with E-state index in [0.29, 0.717) is 12.4 Å². The van der Waals surface area contributed by atoms with E-state index in [-0.39, 0.29) is 16.3 Å². The summed E-state index contributed by atoms with van der Waals surface area (Å²) in [6.07, 6.45) is 5.00. The molecule has 1 aliphatic heterocycles. The number of hydrogen-bond acceptors (Lipinski definition) is 6. The highest BCUT2D eigenvalue weighted by Gasteiger charge is 2.20. The molecule has 0 atom stereocenters. The van der Waals surface area contributed by atoms with E-state index in [1.165, 1.54) is 49.2 Å². The van der Waals surface area contributed by atoms with Gasteiger partial charge in [0.1, 0.15) is 12.4 Å². The molecule has 43 heavy (non-hydrogen) atoms.